The van der Waals surface area contributed by atoms with E-state index in [1.807, 2.05) is 32.0 Å². The van der Waals surface area contributed by atoms with Crippen LogP contribution < -0.4 is 15.0 Å². The smallest absolute Gasteiger partial charge is 0.261 e. The van der Waals surface area contributed by atoms with E-state index in [1.54, 1.807) is 12.4 Å². The summed E-state index contributed by atoms with van der Waals surface area (Å²) in [6.45, 7) is 5.69. The van der Waals surface area contributed by atoms with Crippen molar-refractivity contribution in [3.8, 4) is 5.75 Å². The quantitative estimate of drug-likeness (QED) is 0.905. The molecule has 1 atom stereocenters. The molecule has 2 aliphatic rings. The van der Waals surface area contributed by atoms with Crippen LogP contribution in [0.25, 0.3) is 0 Å². The number of hydrogen-bond acceptors (Lipinski definition) is 5. The number of hydrogen-bond donors (Lipinski definition) is 1. The molecule has 1 aromatic carbocycles. The third-order valence-electron chi connectivity index (χ3n) is 5.58. The number of carbonyl (C=O) groups excluding carboxylic acids is 1. The lowest BCUT2D eigenvalue weighted by atomic mass is 9.67. The Morgan fingerprint density at radius 2 is 1.89 bits per heavy atom. The van der Waals surface area contributed by atoms with Crippen LogP contribution in [0.3, 0.4) is 0 Å². The van der Waals surface area contributed by atoms with E-state index in [0.29, 0.717) is 6.42 Å². The van der Waals surface area contributed by atoms with Gasteiger partial charge in [0, 0.05) is 48.9 Å². The van der Waals surface area contributed by atoms with Gasteiger partial charge in [0.05, 0.1) is 0 Å². The molecule has 1 aromatic heterocycles. The number of nitrogens with zero attached hydrogens (tertiary/aromatic N) is 3. The second-order valence-electron chi connectivity index (χ2n) is 7.79. The van der Waals surface area contributed by atoms with Crippen molar-refractivity contribution in [1.82, 2.24) is 15.3 Å². The van der Waals surface area contributed by atoms with Crippen LogP contribution >= 0.6 is 0 Å². The molecule has 0 unspecified atom stereocenters. The Balaban J connectivity index is 1.58. The van der Waals surface area contributed by atoms with Crippen LogP contribution in [0, 0.1) is 0 Å². The maximum Gasteiger partial charge on any atom is 0.261 e. The number of benzene rings is 1. The molecule has 6 heteroatoms. The minimum atomic E-state index is -0.443. The van der Waals surface area contributed by atoms with Crippen molar-refractivity contribution < 1.29 is 9.53 Å². The van der Waals surface area contributed by atoms with Gasteiger partial charge in [0.1, 0.15) is 5.75 Å². The highest BCUT2D eigenvalue weighted by molar-refractivity contribution is 5.82. The minimum absolute atomic E-state index is 0.0206. The molecule has 0 radical (unpaired) electrons. The van der Waals surface area contributed by atoms with Gasteiger partial charge < -0.3 is 15.0 Å². The molecular formula is C21H26N4O2. The third kappa shape index (κ3) is 3.48. The zero-order valence-electron chi connectivity index (χ0n) is 15.9. The first-order valence-electron chi connectivity index (χ1n) is 9.66. The molecule has 2 aromatic rings. The van der Waals surface area contributed by atoms with E-state index in [9.17, 15) is 4.79 Å². The lowest BCUT2D eigenvalue weighted by Crippen LogP contribution is -2.52. The van der Waals surface area contributed by atoms with E-state index in [4.69, 9.17) is 4.74 Å². The number of fused-ring (bicyclic) bond motifs is 2. The Morgan fingerprint density at radius 3 is 2.59 bits per heavy atom. The maximum atomic E-state index is 12.7. The van der Waals surface area contributed by atoms with Gasteiger partial charge in [-0.15, -0.1) is 0 Å². The lowest BCUT2D eigenvalue weighted by molar-refractivity contribution is -0.130. The third-order valence-corrected chi connectivity index (χ3v) is 5.58. The van der Waals surface area contributed by atoms with Crippen LogP contribution in [0.2, 0.25) is 0 Å². The largest absolute Gasteiger partial charge is 0.480 e. The number of piperidine rings is 1. The van der Waals surface area contributed by atoms with Crippen LogP contribution in [0.15, 0.2) is 42.7 Å². The van der Waals surface area contributed by atoms with E-state index >= 15 is 0 Å². The highest BCUT2D eigenvalue weighted by Gasteiger charge is 2.45. The number of aromatic nitrogens is 2. The average molecular weight is 366 g/mol. The van der Waals surface area contributed by atoms with Gasteiger partial charge >= 0.3 is 0 Å². The molecule has 142 valence electrons. The monoisotopic (exact) mass is 366 g/mol. The highest BCUT2D eigenvalue weighted by atomic mass is 16.5. The number of carbonyl (C=O) groups is 1. The fourth-order valence-electron chi connectivity index (χ4n) is 4.25. The molecule has 27 heavy (non-hydrogen) atoms. The van der Waals surface area contributed by atoms with Gasteiger partial charge in [-0.25, -0.2) is 9.97 Å². The number of rotatable bonds is 3. The topological polar surface area (TPSA) is 67.4 Å². The molecule has 1 fully saturated rings. The minimum Gasteiger partial charge on any atom is -0.480 e. The van der Waals surface area contributed by atoms with Crippen molar-refractivity contribution in [2.45, 2.75) is 50.7 Å². The van der Waals surface area contributed by atoms with E-state index in [-0.39, 0.29) is 17.4 Å². The highest BCUT2D eigenvalue weighted by Crippen LogP contribution is 2.47. The number of ether oxygens (including phenoxy) is 1. The molecule has 4 rings (SSSR count). The number of amides is 1. The summed E-state index contributed by atoms with van der Waals surface area (Å²) in [5.74, 6) is 1.60. The van der Waals surface area contributed by atoms with Gasteiger partial charge in [0.2, 0.25) is 5.95 Å². The van der Waals surface area contributed by atoms with Gasteiger partial charge in [0.25, 0.3) is 5.91 Å². The Kier molecular flexibility index (Phi) is 4.72. The Morgan fingerprint density at radius 1 is 1.19 bits per heavy atom. The maximum absolute atomic E-state index is 12.7. The number of para-hydroxylation sites is 1. The lowest BCUT2D eigenvalue weighted by Gasteiger charge is -2.47. The van der Waals surface area contributed by atoms with Crippen molar-refractivity contribution in [1.29, 1.82) is 0 Å². The van der Waals surface area contributed by atoms with Gasteiger partial charge in [0.15, 0.2) is 6.10 Å². The predicted molar refractivity (Wildman–Crippen MR) is 104 cm³/mol. The fourth-order valence-corrected chi connectivity index (χ4v) is 4.25. The first-order valence-corrected chi connectivity index (χ1v) is 9.66. The molecule has 3 heterocycles. The van der Waals surface area contributed by atoms with Crippen LogP contribution in [0.5, 0.6) is 5.75 Å². The van der Waals surface area contributed by atoms with Crippen molar-refractivity contribution >= 4 is 11.9 Å². The van der Waals surface area contributed by atoms with Crippen molar-refractivity contribution in [3.63, 3.8) is 0 Å². The standard InChI is InChI=1S/C21H26N4O2/c1-15(2)24-19(26)18-14-21(16-6-3-4-7-17(16)27-18)8-12-25(13-9-21)20-22-10-5-11-23-20/h3-7,10-11,15,18H,8-9,12-14H2,1-2H3,(H,24,26)/t18-/m1/s1. The molecule has 0 aliphatic carbocycles. The summed E-state index contributed by atoms with van der Waals surface area (Å²) in [5, 5.41) is 3.01. The summed E-state index contributed by atoms with van der Waals surface area (Å²) < 4.78 is 6.08. The van der Waals surface area contributed by atoms with E-state index < -0.39 is 6.10 Å². The molecule has 0 saturated carbocycles. The predicted octanol–water partition coefficient (Wildman–Crippen LogP) is 2.69. The van der Waals surface area contributed by atoms with Gasteiger partial charge in [-0.05, 0) is 38.8 Å². The molecule has 1 saturated heterocycles. The number of anilines is 1. The summed E-state index contributed by atoms with van der Waals surface area (Å²) in [7, 11) is 0. The first-order chi connectivity index (χ1) is 13.1. The fraction of sp³-hybridized carbons (Fsp3) is 0.476. The van der Waals surface area contributed by atoms with Crippen molar-refractivity contribution in [3.05, 3.63) is 48.3 Å². The van der Waals surface area contributed by atoms with Crippen molar-refractivity contribution in [2.75, 3.05) is 18.0 Å². The average Bonchev–Trinajstić information content (AvgIpc) is 2.69. The SMILES string of the molecule is CC(C)NC(=O)[C@H]1CC2(CCN(c3ncccn3)CC2)c2ccccc2O1. The van der Waals surface area contributed by atoms with Crippen LogP contribution in [-0.4, -0.2) is 41.1 Å². The zero-order valence-corrected chi connectivity index (χ0v) is 15.9. The van der Waals surface area contributed by atoms with E-state index in [0.717, 1.165) is 37.6 Å². The summed E-state index contributed by atoms with van der Waals surface area (Å²) in [6, 6.07) is 10.1. The second-order valence-corrected chi connectivity index (χ2v) is 7.79. The molecular weight excluding hydrogens is 340 g/mol. The first kappa shape index (κ1) is 17.8. The van der Waals surface area contributed by atoms with Gasteiger partial charge in [-0.3, -0.25) is 4.79 Å². The summed E-state index contributed by atoms with van der Waals surface area (Å²) in [5.41, 5.74) is 1.19. The van der Waals surface area contributed by atoms with Gasteiger partial charge in [-0.2, -0.15) is 0 Å². The zero-order chi connectivity index (χ0) is 18.9. The molecule has 6 nitrogen and oxygen atoms in total. The summed E-state index contributed by atoms with van der Waals surface area (Å²) in [6.07, 6.45) is 5.74. The summed E-state index contributed by atoms with van der Waals surface area (Å²) in [4.78, 5) is 23.7. The molecule has 0 bridgehead atoms. The van der Waals surface area contributed by atoms with Crippen LogP contribution in [0.1, 0.15) is 38.7 Å². The number of nitrogens with one attached hydrogen (secondary N) is 1. The Hall–Kier alpha value is -2.63. The Labute approximate surface area is 160 Å². The Bertz CT molecular complexity index is 801. The normalized spacial score (nSPS) is 20.9. The van der Waals surface area contributed by atoms with Crippen molar-refractivity contribution in [2.24, 2.45) is 0 Å². The molecule has 1 N–H and O–H groups in total. The van der Waals surface area contributed by atoms with Crippen LogP contribution in [0.4, 0.5) is 5.95 Å². The molecule has 2 aliphatic heterocycles. The summed E-state index contributed by atoms with van der Waals surface area (Å²) >= 11 is 0. The molecule has 1 amide bonds. The second kappa shape index (κ2) is 7.18. The van der Waals surface area contributed by atoms with Crippen LogP contribution in [-0.2, 0) is 10.2 Å². The van der Waals surface area contributed by atoms with E-state index in [2.05, 4.69) is 32.3 Å². The molecule has 1 spiro atoms. The van der Waals surface area contributed by atoms with Gasteiger partial charge in [-0.1, -0.05) is 18.2 Å². The van der Waals surface area contributed by atoms with E-state index in [1.165, 1.54) is 5.56 Å².